The lowest BCUT2D eigenvalue weighted by Gasteiger charge is -2.35. The van der Waals surface area contributed by atoms with Crippen molar-refractivity contribution in [2.24, 2.45) is 11.8 Å². The minimum absolute atomic E-state index is 0.218. The number of nitrogens with one attached hydrogen (secondary N) is 4. The van der Waals surface area contributed by atoms with Gasteiger partial charge < -0.3 is 15.4 Å². The van der Waals surface area contributed by atoms with Gasteiger partial charge in [0.1, 0.15) is 0 Å². The fourth-order valence-electron chi connectivity index (χ4n) is 2.68. The average molecular weight is 361 g/mol. The van der Waals surface area contributed by atoms with E-state index in [-0.39, 0.29) is 5.97 Å². The first-order chi connectivity index (χ1) is 10.9. The molecular formula is C15H28N4O2S2. The lowest BCUT2D eigenvalue weighted by Crippen LogP contribution is -2.54. The van der Waals surface area contributed by atoms with E-state index in [2.05, 4.69) is 40.1 Å². The zero-order valence-corrected chi connectivity index (χ0v) is 15.7. The monoisotopic (exact) mass is 360 g/mol. The van der Waals surface area contributed by atoms with Crippen LogP contribution in [0.15, 0.2) is 0 Å². The SMILES string of the molecule is COC(=O)CCCNC(=S)NNC(=S)N[C@H]1CCC[C@@H](C)[C@H]1C. The van der Waals surface area contributed by atoms with Gasteiger partial charge in [-0.3, -0.25) is 15.6 Å². The van der Waals surface area contributed by atoms with Crippen LogP contribution in [-0.2, 0) is 9.53 Å². The maximum atomic E-state index is 11.0. The number of methoxy groups -OCH3 is 1. The quantitative estimate of drug-likeness (QED) is 0.255. The molecule has 8 heteroatoms. The van der Waals surface area contributed by atoms with E-state index in [1.54, 1.807) is 0 Å². The van der Waals surface area contributed by atoms with Crippen LogP contribution in [0.25, 0.3) is 0 Å². The Morgan fingerprint density at radius 1 is 1.17 bits per heavy atom. The van der Waals surface area contributed by atoms with E-state index in [0.717, 1.165) is 12.3 Å². The third kappa shape index (κ3) is 7.78. The molecule has 6 nitrogen and oxygen atoms in total. The summed E-state index contributed by atoms with van der Waals surface area (Å²) in [5, 5.41) is 7.35. The van der Waals surface area contributed by atoms with Crippen LogP contribution >= 0.6 is 24.4 Å². The van der Waals surface area contributed by atoms with E-state index < -0.39 is 0 Å². The van der Waals surface area contributed by atoms with Crippen LogP contribution in [0, 0.1) is 11.8 Å². The van der Waals surface area contributed by atoms with Gasteiger partial charge in [0.25, 0.3) is 0 Å². The Balaban J connectivity index is 2.15. The molecule has 0 aromatic carbocycles. The van der Waals surface area contributed by atoms with E-state index in [1.807, 2.05) is 0 Å². The lowest BCUT2D eigenvalue weighted by atomic mass is 9.78. The number of carbonyl (C=O) groups is 1. The molecular weight excluding hydrogens is 332 g/mol. The first-order valence-electron chi connectivity index (χ1n) is 8.11. The first kappa shape index (κ1) is 19.9. The molecule has 0 aromatic heterocycles. The number of thiocarbonyl (C=S) groups is 2. The summed E-state index contributed by atoms with van der Waals surface area (Å²) in [5.74, 6) is 1.10. The molecule has 0 unspecified atom stereocenters. The van der Waals surface area contributed by atoms with Crippen LogP contribution in [0.1, 0.15) is 46.0 Å². The Morgan fingerprint density at radius 2 is 1.87 bits per heavy atom. The highest BCUT2D eigenvalue weighted by Gasteiger charge is 2.27. The van der Waals surface area contributed by atoms with Crippen LogP contribution < -0.4 is 21.5 Å². The minimum atomic E-state index is -0.218. The second kappa shape index (κ2) is 10.6. The van der Waals surface area contributed by atoms with Gasteiger partial charge in [-0.25, -0.2) is 0 Å². The van der Waals surface area contributed by atoms with E-state index in [1.165, 1.54) is 20.0 Å². The van der Waals surface area contributed by atoms with Crippen LogP contribution in [0.5, 0.6) is 0 Å². The summed E-state index contributed by atoms with van der Waals surface area (Å²) < 4.78 is 4.57. The summed E-state index contributed by atoms with van der Waals surface area (Å²) >= 11 is 10.4. The second-order valence-corrected chi connectivity index (χ2v) is 6.85. The maximum absolute atomic E-state index is 11.0. The molecule has 0 saturated heterocycles. The third-order valence-corrected chi connectivity index (χ3v) is 4.85. The van der Waals surface area contributed by atoms with Gasteiger partial charge in [0.2, 0.25) is 0 Å². The molecule has 1 aliphatic carbocycles. The van der Waals surface area contributed by atoms with Gasteiger partial charge >= 0.3 is 5.97 Å². The topological polar surface area (TPSA) is 74.4 Å². The molecule has 1 saturated carbocycles. The number of hydrogen-bond acceptors (Lipinski definition) is 4. The molecule has 4 N–H and O–H groups in total. The summed E-state index contributed by atoms with van der Waals surface area (Å²) in [7, 11) is 1.38. The van der Waals surface area contributed by atoms with Crippen molar-refractivity contribution in [3.05, 3.63) is 0 Å². The van der Waals surface area contributed by atoms with Crippen LogP contribution in [-0.4, -0.2) is 35.9 Å². The Bertz CT molecular complexity index is 420. The fourth-order valence-corrected chi connectivity index (χ4v) is 3.04. The Labute approximate surface area is 149 Å². The van der Waals surface area contributed by atoms with Gasteiger partial charge in [-0.15, -0.1) is 0 Å². The molecule has 1 fully saturated rings. The predicted molar refractivity (Wildman–Crippen MR) is 99.8 cm³/mol. The number of ether oxygens (including phenoxy) is 1. The standard InChI is InChI=1S/C15H28N4O2S2/c1-10-6-4-7-12(11(10)2)17-15(23)19-18-14(22)16-9-5-8-13(20)21-3/h10-12H,4-9H2,1-3H3,(H2,16,18,22)(H2,17,19,23)/t10-,11-,12+/m1/s1. The number of rotatable bonds is 5. The predicted octanol–water partition coefficient (Wildman–Crippen LogP) is 1.61. The van der Waals surface area contributed by atoms with Crippen molar-refractivity contribution in [1.29, 1.82) is 0 Å². The lowest BCUT2D eigenvalue weighted by molar-refractivity contribution is -0.140. The molecule has 1 aliphatic rings. The molecule has 132 valence electrons. The highest BCUT2D eigenvalue weighted by atomic mass is 32.1. The molecule has 0 aromatic rings. The van der Waals surface area contributed by atoms with Gasteiger partial charge in [-0.2, -0.15) is 0 Å². The van der Waals surface area contributed by atoms with Crippen LogP contribution in [0.2, 0.25) is 0 Å². The molecule has 0 bridgehead atoms. The Hall–Kier alpha value is -1.15. The van der Waals surface area contributed by atoms with Gasteiger partial charge in [0.15, 0.2) is 10.2 Å². The Kier molecular flexibility index (Phi) is 9.16. The van der Waals surface area contributed by atoms with Crippen molar-refractivity contribution < 1.29 is 9.53 Å². The van der Waals surface area contributed by atoms with E-state index >= 15 is 0 Å². The highest BCUT2D eigenvalue weighted by molar-refractivity contribution is 7.80. The zero-order valence-electron chi connectivity index (χ0n) is 14.1. The molecule has 0 aliphatic heterocycles. The van der Waals surface area contributed by atoms with Crippen molar-refractivity contribution >= 4 is 40.6 Å². The Morgan fingerprint density at radius 3 is 2.57 bits per heavy atom. The van der Waals surface area contributed by atoms with Crippen LogP contribution in [0.3, 0.4) is 0 Å². The van der Waals surface area contributed by atoms with E-state index in [4.69, 9.17) is 24.4 Å². The summed E-state index contributed by atoms with van der Waals surface area (Å²) in [6, 6.07) is 0.405. The molecule has 0 amide bonds. The highest BCUT2D eigenvalue weighted by Crippen LogP contribution is 2.29. The molecule has 3 atom stereocenters. The number of carbonyl (C=O) groups excluding carboxylic acids is 1. The van der Waals surface area contributed by atoms with Crippen molar-refractivity contribution in [3.63, 3.8) is 0 Å². The maximum Gasteiger partial charge on any atom is 0.305 e. The van der Waals surface area contributed by atoms with Gasteiger partial charge in [0.05, 0.1) is 7.11 Å². The third-order valence-electron chi connectivity index (χ3n) is 4.38. The molecule has 0 radical (unpaired) electrons. The smallest absolute Gasteiger partial charge is 0.305 e. The summed E-state index contributed by atoms with van der Waals surface area (Å²) in [4.78, 5) is 11.0. The number of esters is 1. The van der Waals surface area contributed by atoms with Crippen molar-refractivity contribution in [2.45, 2.75) is 52.0 Å². The van der Waals surface area contributed by atoms with Crippen LogP contribution in [0.4, 0.5) is 0 Å². The number of hydrogen-bond donors (Lipinski definition) is 4. The van der Waals surface area contributed by atoms with Gasteiger partial charge in [-0.1, -0.05) is 26.7 Å². The molecule has 23 heavy (non-hydrogen) atoms. The molecule has 0 spiro atoms. The van der Waals surface area contributed by atoms with Crippen molar-refractivity contribution in [1.82, 2.24) is 21.5 Å². The van der Waals surface area contributed by atoms with Crippen molar-refractivity contribution in [3.8, 4) is 0 Å². The molecule has 0 heterocycles. The van der Waals surface area contributed by atoms with Gasteiger partial charge in [-0.05, 0) is 49.1 Å². The minimum Gasteiger partial charge on any atom is -0.469 e. The number of hydrazine groups is 1. The summed E-state index contributed by atoms with van der Waals surface area (Å²) in [6.07, 6.45) is 4.70. The molecule has 1 rings (SSSR count). The second-order valence-electron chi connectivity index (χ2n) is 6.03. The first-order valence-corrected chi connectivity index (χ1v) is 8.92. The largest absolute Gasteiger partial charge is 0.469 e. The summed E-state index contributed by atoms with van der Waals surface area (Å²) in [6.45, 7) is 5.16. The van der Waals surface area contributed by atoms with E-state index in [9.17, 15) is 4.79 Å². The fraction of sp³-hybridized carbons (Fsp3) is 0.800. The summed E-state index contributed by atoms with van der Waals surface area (Å²) in [5.41, 5.74) is 5.75. The normalized spacial score (nSPS) is 23.5. The zero-order chi connectivity index (χ0) is 17.2. The van der Waals surface area contributed by atoms with Crippen molar-refractivity contribution in [2.75, 3.05) is 13.7 Å². The van der Waals surface area contributed by atoms with E-state index in [0.29, 0.717) is 41.6 Å². The van der Waals surface area contributed by atoms with Gasteiger partial charge in [0, 0.05) is 19.0 Å². The average Bonchev–Trinajstić information content (AvgIpc) is 2.53.